The van der Waals surface area contributed by atoms with E-state index in [4.69, 9.17) is 16.7 Å². The summed E-state index contributed by atoms with van der Waals surface area (Å²) in [6, 6.07) is 0. The van der Waals surface area contributed by atoms with Crippen LogP contribution in [0.2, 0.25) is 0 Å². The molecule has 0 aromatic heterocycles. The Morgan fingerprint density at radius 2 is 1.61 bits per heavy atom. The monoisotopic (exact) mass is 371 g/mol. The number of fused-ring (bicyclic) bond motifs is 2. The second-order valence-electron chi connectivity index (χ2n) is 7.13. The van der Waals surface area contributed by atoms with Crippen molar-refractivity contribution in [3.8, 4) is 0 Å². The maximum Gasteiger partial charge on any atom is 0.401 e. The first-order valence-electron chi connectivity index (χ1n) is 7.33. The van der Waals surface area contributed by atoms with E-state index in [-0.39, 0.29) is 12.5 Å². The van der Waals surface area contributed by atoms with Crippen LogP contribution in [0.15, 0.2) is 0 Å². The van der Waals surface area contributed by atoms with Gasteiger partial charge in [0.2, 0.25) is 0 Å². The van der Waals surface area contributed by atoms with Gasteiger partial charge in [-0.05, 0) is 24.8 Å². The van der Waals surface area contributed by atoms with Crippen LogP contribution in [-0.4, -0.2) is 59.9 Å². The van der Waals surface area contributed by atoms with E-state index in [0.29, 0.717) is 6.42 Å². The van der Waals surface area contributed by atoms with Crippen molar-refractivity contribution < 1.29 is 33.6 Å². The van der Waals surface area contributed by atoms with Crippen LogP contribution in [0, 0.1) is 11.3 Å². The third-order valence-corrected chi connectivity index (χ3v) is 6.43. The Morgan fingerprint density at radius 1 is 1.00 bits per heavy atom. The molecule has 0 N–H and O–H groups in total. The zero-order valence-electron chi connectivity index (χ0n) is 13.3. The van der Waals surface area contributed by atoms with Gasteiger partial charge < -0.3 is 0 Å². The Kier molecular flexibility index (Phi) is 4.07. The molecule has 9 nitrogen and oxygen atoms in total. The lowest BCUT2D eigenvalue weighted by atomic mass is 9.76. The molecule has 3 aliphatic heterocycles. The topological polar surface area (TPSA) is 108 Å². The average Bonchev–Trinajstić information content (AvgIpc) is 2.85. The second kappa shape index (κ2) is 5.35. The molecule has 0 saturated carbocycles. The van der Waals surface area contributed by atoms with E-state index in [1.54, 1.807) is 11.9 Å². The molecule has 3 rings (SSSR count). The molecular weight excluding hydrogens is 350 g/mol. The summed E-state index contributed by atoms with van der Waals surface area (Å²) in [5.41, 5.74) is -0.577. The smallest absolute Gasteiger partial charge is 0.275 e. The van der Waals surface area contributed by atoms with Crippen molar-refractivity contribution in [2.45, 2.75) is 51.7 Å². The molecule has 3 heterocycles. The summed E-state index contributed by atoms with van der Waals surface area (Å²) >= 11 is 0. The van der Waals surface area contributed by atoms with Crippen molar-refractivity contribution >= 4 is 20.8 Å². The van der Waals surface area contributed by atoms with Gasteiger partial charge in [0.1, 0.15) is 18.3 Å². The van der Waals surface area contributed by atoms with Gasteiger partial charge in [0.25, 0.3) is 0 Å². The number of hydrogen-bond donors (Lipinski definition) is 0. The summed E-state index contributed by atoms with van der Waals surface area (Å²) < 4.78 is 67.0. The maximum atomic E-state index is 11.7. The zero-order valence-corrected chi connectivity index (χ0v) is 15.0. The number of rotatable bonds is 0. The predicted molar refractivity (Wildman–Crippen MR) is 77.5 cm³/mol. The fourth-order valence-corrected chi connectivity index (χ4v) is 5.91. The molecule has 5 unspecified atom stereocenters. The van der Waals surface area contributed by atoms with E-state index in [2.05, 4.69) is 0 Å². The number of hydrogen-bond acceptors (Lipinski definition) is 9. The Balaban J connectivity index is 1.98. The molecule has 23 heavy (non-hydrogen) atoms. The third kappa shape index (κ3) is 3.28. The fraction of sp³-hybridized carbons (Fsp3) is 1.00. The van der Waals surface area contributed by atoms with Gasteiger partial charge >= 0.3 is 20.8 Å². The Bertz CT molecular complexity index is 688. The van der Waals surface area contributed by atoms with Gasteiger partial charge in [-0.2, -0.15) is 16.8 Å². The molecule has 11 heteroatoms. The van der Waals surface area contributed by atoms with E-state index in [0.717, 1.165) is 0 Å². The summed E-state index contributed by atoms with van der Waals surface area (Å²) in [4.78, 5) is 1.59. The molecule has 134 valence electrons. The number of nitrogens with zero attached hydrogens (tertiary/aromatic N) is 1. The van der Waals surface area contributed by atoms with Crippen molar-refractivity contribution in [3.63, 3.8) is 0 Å². The Labute approximate surface area is 136 Å². The van der Waals surface area contributed by atoms with E-state index in [1.165, 1.54) is 0 Å². The summed E-state index contributed by atoms with van der Waals surface area (Å²) in [6.07, 6.45) is -2.40. The lowest BCUT2D eigenvalue weighted by Gasteiger charge is -2.35. The predicted octanol–water partition coefficient (Wildman–Crippen LogP) is -0.000700. The molecule has 0 spiro atoms. The summed E-state index contributed by atoms with van der Waals surface area (Å²) in [5, 5.41) is 0. The molecule has 0 aromatic rings. The van der Waals surface area contributed by atoms with Crippen molar-refractivity contribution in [3.05, 3.63) is 0 Å². The molecule has 0 aromatic carbocycles. The van der Waals surface area contributed by atoms with Gasteiger partial charge in [0.05, 0.1) is 0 Å². The van der Waals surface area contributed by atoms with Crippen molar-refractivity contribution in [1.82, 2.24) is 4.90 Å². The molecule has 3 aliphatic rings. The molecule has 0 aliphatic carbocycles. The van der Waals surface area contributed by atoms with Crippen LogP contribution in [0.4, 0.5) is 0 Å². The van der Waals surface area contributed by atoms with Crippen LogP contribution in [0.3, 0.4) is 0 Å². The standard InChI is InChI=1S/C12H21NO8S2/c1-7-5-12(2,3)10-11(21-23(16,17)20-10)13(4)6-8-9(7)19-22(14,15)18-8/h7-11H,5-6H2,1-4H3. The Morgan fingerprint density at radius 3 is 2.26 bits per heavy atom. The molecule has 0 amide bonds. The maximum absolute atomic E-state index is 11.7. The lowest BCUT2D eigenvalue weighted by Crippen LogP contribution is -2.48. The van der Waals surface area contributed by atoms with Crippen LogP contribution < -0.4 is 0 Å². The van der Waals surface area contributed by atoms with Crippen molar-refractivity contribution in [1.29, 1.82) is 0 Å². The first-order chi connectivity index (χ1) is 10.4. The molecule has 5 atom stereocenters. The van der Waals surface area contributed by atoms with Crippen LogP contribution in [-0.2, 0) is 37.5 Å². The first kappa shape index (κ1) is 17.5. The minimum Gasteiger partial charge on any atom is -0.275 e. The van der Waals surface area contributed by atoms with Gasteiger partial charge in [0, 0.05) is 6.54 Å². The number of likely N-dealkylation sites (N-methyl/N-ethyl adjacent to an activating group) is 1. The zero-order chi connectivity index (χ0) is 17.2. The van der Waals surface area contributed by atoms with E-state index in [9.17, 15) is 16.8 Å². The van der Waals surface area contributed by atoms with Gasteiger partial charge in [0.15, 0.2) is 6.23 Å². The first-order valence-corrected chi connectivity index (χ1v) is 10.0. The van der Waals surface area contributed by atoms with E-state index in [1.807, 2.05) is 20.8 Å². The highest BCUT2D eigenvalue weighted by Crippen LogP contribution is 2.43. The van der Waals surface area contributed by atoms with Crippen molar-refractivity contribution in [2.75, 3.05) is 13.6 Å². The van der Waals surface area contributed by atoms with Gasteiger partial charge in [-0.25, -0.2) is 16.7 Å². The van der Waals surface area contributed by atoms with Crippen molar-refractivity contribution in [2.24, 2.45) is 11.3 Å². The highest BCUT2D eigenvalue weighted by Gasteiger charge is 2.55. The fourth-order valence-electron chi connectivity index (χ4n) is 3.66. The molecule has 0 bridgehead atoms. The van der Waals surface area contributed by atoms with Gasteiger partial charge in [-0.1, -0.05) is 20.8 Å². The molecular formula is C12H21NO8S2. The molecule has 0 radical (unpaired) electrons. The highest BCUT2D eigenvalue weighted by atomic mass is 32.3. The second-order valence-corrected chi connectivity index (χ2v) is 9.53. The van der Waals surface area contributed by atoms with Crippen LogP contribution in [0.25, 0.3) is 0 Å². The van der Waals surface area contributed by atoms with E-state index < -0.39 is 50.8 Å². The molecule has 3 fully saturated rings. The SMILES string of the molecule is CC1CC(C)(C)C2OS(=O)(=O)OC2N(C)CC2OS(=O)(=O)OC12. The third-order valence-electron chi connectivity index (χ3n) is 4.62. The minimum atomic E-state index is -4.07. The van der Waals surface area contributed by atoms with Crippen LogP contribution in [0.1, 0.15) is 27.2 Å². The van der Waals surface area contributed by atoms with Crippen LogP contribution >= 0.6 is 0 Å². The van der Waals surface area contributed by atoms with Gasteiger partial charge in [-0.3, -0.25) is 4.90 Å². The quantitative estimate of drug-likeness (QED) is 0.581. The largest absolute Gasteiger partial charge is 0.401 e. The van der Waals surface area contributed by atoms with Crippen LogP contribution in [0.5, 0.6) is 0 Å². The highest BCUT2D eigenvalue weighted by molar-refractivity contribution is 7.82. The normalized spacial score (nSPS) is 45.5. The lowest BCUT2D eigenvalue weighted by molar-refractivity contribution is -0.0404. The van der Waals surface area contributed by atoms with Gasteiger partial charge in [-0.15, -0.1) is 0 Å². The van der Waals surface area contributed by atoms with E-state index >= 15 is 0 Å². The summed E-state index contributed by atoms with van der Waals surface area (Å²) in [5.74, 6) is -0.175. The average molecular weight is 371 g/mol. The Hall–Kier alpha value is -0.300. The minimum absolute atomic E-state index is 0.143. The molecule has 3 saturated heterocycles. The summed E-state index contributed by atoms with van der Waals surface area (Å²) in [6.45, 7) is 5.73. The summed E-state index contributed by atoms with van der Waals surface area (Å²) in [7, 11) is -6.46.